The minimum Gasteiger partial charge on any atom is -0.357 e. The zero-order valence-corrected chi connectivity index (χ0v) is 9.28. The summed E-state index contributed by atoms with van der Waals surface area (Å²) >= 11 is 0. The molecular formula is C11H15N3O2. The third-order valence-corrected chi connectivity index (χ3v) is 2.13. The number of aryl methyl sites for hydroxylation is 1. The van der Waals surface area contributed by atoms with E-state index in [-0.39, 0.29) is 0 Å². The van der Waals surface area contributed by atoms with Crippen LogP contribution >= 0.6 is 0 Å². The molecule has 1 aromatic carbocycles. The summed E-state index contributed by atoms with van der Waals surface area (Å²) in [5, 5.41) is 4.88. The minimum atomic E-state index is -1.19. The highest BCUT2D eigenvalue weighted by Crippen LogP contribution is 2.08. The molecule has 1 unspecified atom stereocenters. The molecule has 0 heterocycles. The van der Waals surface area contributed by atoms with E-state index in [4.69, 9.17) is 5.73 Å². The summed E-state index contributed by atoms with van der Waals surface area (Å²) < 4.78 is 0. The first kappa shape index (κ1) is 12.2. The highest BCUT2D eigenvalue weighted by atomic mass is 16.2. The number of rotatable bonds is 3. The van der Waals surface area contributed by atoms with Gasteiger partial charge < -0.3 is 16.4 Å². The first-order valence-electron chi connectivity index (χ1n) is 4.89. The third-order valence-electron chi connectivity index (χ3n) is 2.13. The van der Waals surface area contributed by atoms with Crippen molar-refractivity contribution in [1.82, 2.24) is 5.32 Å². The van der Waals surface area contributed by atoms with Crippen molar-refractivity contribution in [2.24, 2.45) is 5.73 Å². The number of hydrogen-bond acceptors (Lipinski definition) is 3. The number of anilines is 1. The van der Waals surface area contributed by atoms with Crippen LogP contribution in [0.4, 0.5) is 5.69 Å². The average Bonchev–Trinajstić information content (AvgIpc) is 2.30. The number of hydrogen-bond donors (Lipinski definition) is 3. The van der Waals surface area contributed by atoms with E-state index < -0.39 is 17.9 Å². The fraction of sp³-hybridized carbons (Fsp3) is 0.273. The number of carbonyl (C=O) groups excluding carboxylic acids is 2. The number of likely N-dealkylation sites (N-methyl/N-ethyl adjacent to an activating group) is 1. The monoisotopic (exact) mass is 221 g/mol. The van der Waals surface area contributed by atoms with Crippen LogP contribution in [0.3, 0.4) is 0 Å². The van der Waals surface area contributed by atoms with Gasteiger partial charge >= 0.3 is 0 Å². The molecule has 0 fully saturated rings. The van der Waals surface area contributed by atoms with Gasteiger partial charge in [0.2, 0.25) is 5.91 Å². The van der Waals surface area contributed by atoms with Crippen LogP contribution in [0, 0.1) is 6.92 Å². The van der Waals surface area contributed by atoms with Gasteiger partial charge in [0, 0.05) is 12.7 Å². The minimum absolute atomic E-state index is 0.510. The Kier molecular flexibility index (Phi) is 4.02. The second kappa shape index (κ2) is 5.27. The predicted octanol–water partition coefficient (Wildman–Crippen LogP) is 0.00682. The summed E-state index contributed by atoms with van der Waals surface area (Å²) in [5.41, 5.74) is 7.14. The zero-order valence-electron chi connectivity index (χ0n) is 9.28. The van der Waals surface area contributed by atoms with Crippen molar-refractivity contribution in [3.05, 3.63) is 29.8 Å². The topological polar surface area (TPSA) is 84.2 Å². The second-order valence-corrected chi connectivity index (χ2v) is 3.45. The first-order chi connectivity index (χ1) is 7.54. The summed E-state index contributed by atoms with van der Waals surface area (Å²) in [6, 6.07) is 6.04. The van der Waals surface area contributed by atoms with Crippen molar-refractivity contribution in [1.29, 1.82) is 0 Å². The third kappa shape index (κ3) is 3.06. The van der Waals surface area contributed by atoms with Gasteiger partial charge in [-0.3, -0.25) is 9.59 Å². The summed E-state index contributed by atoms with van der Waals surface area (Å²) in [6.45, 7) is 1.95. The Labute approximate surface area is 94.0 Å². The van der Waals surface area contributed by atoms with E-state index in [0.717, 1.165) is 5.56 Å². The molecule has 0 radical (unpaired) electrons. The van der Waals surface area contributed by atoms with Crippen LogP contribution in [0.5, 0.6) is 0 Å². The molecule has 0 aliphatic heterocycles. The molecule has 1 atom stereocenters. The van der Waals surface area contributed by atoms with Gasteiger partial charge in [-0.2, -0.15) is 0 Å². The van der Waals surface area contributed by atoms with E-state index in [9.17, 15) is 9.59 Å². The smallest absolute Gasteiger partial charge is 0.251 e. The van der Waals surface area contributed by atoms with Crippen LogP contribution in [0.25, 0.3) is 0 Å². The molecule has 4 N–H and O–H groups in total. The SMILES string of the molecule is CNC(=O)C(N)C(=O)Nc1ccc(C)cc1. The Morgan fingerprint density at radius 2 is 1.75 bits per heavy atom. The molecule has 1 rings (SSSR count). The van der Waals surface area contributed by atoms with Gasteiger partial charge in [0.25, 0.3) is 5.91 Å². The molecule has 0 saturated heterocycles. The van der Waals surface area contributed by atoms with Crippen molar-refractivity contribution < 1.29 is 9.59 Å². The second-order valence-electron chi connectivity index (χ2n) is 3.45. The number of nitrogens with two attached hydrogens (primary N) is 1. The maximum absolute atomic E-state index is 11.5. The normalized spacial score (nSPS) is 11.7. The van der Waals surface area contributed by atoms with E-state index >= 15 is 0 Å². The average molecular weight is 221 g/mol. The fourth-order valence-electron chi connectivity index (χ4n) is 1.13. The molecule has 0 aliphatic rings. The lowest BCUT2D eigenvalue weighted by Gasteiger charge is -2.10. The molecule has 0 aliphatic carbocycles. The molecular weight excluding hydrogens is 206 g/mol. The molecule has 1 aromatic rings. The van der Waals surface area contributed by atoms with Gasteiger partial charge in [-0.25, -0.2) is 0 Å². The Hall–Kier alpha value is -1.88. The molecule has 0 aromatic heterocycles. The Morgan fingerprint density at radius 1 is 1.19 bits per heavy atom. The van der Waals surface area contributed by atoms with Crippen LogP contribution in [0.2, 0.25) is 0 Å². The van der Waals surface area contributed by atoms with Gasteiger partial charge in [-0.15, -0.1) is 0 Å². The first-order valence-corrected chi connectivity index (χ1v) is 4.89. The van der Waals surface area contributed by atoms with Gasteiger partial charge in [0.15, 0.2) is 6.04 Å². The Balaban J connectivity index is 2.64. The lowest BCUT2D eigenvalue weighted by molar-refractivity contribution is -0.128. The van der Waals surface area contributed by atoms with E-state index in [2.05, 4.69) is 10.6 Å². The van der Waals surface area contributed by atoms with E-state index in [1.54, 1.807) is 12.1 Å². The van der Waals surface area contributed by atoms with Crippen LogP contribution in [0.1, 0.15) is 5.56 Å². The molecule has 0 saturated carbocycles. The van der Waals surface area contributed by atoms with Crippen molar-refractivity contribution in [3.8, 4) is 0 Å². The zero-order chi connectivity index (χ0) is 12.1. The standard InChI is InChI=1S/C11H15N3O2/c1-7-3-5-8(6-4-7)14-11(16)9(12)10(15)13-2/h3-6,9H,12H2,1-2H3,(H,13,15)(H,14,16). The Morgan fingerprint density at radius 3 is 2.25 bits per heavy atom. The summed E-state index contributed by atoms with van der Waals surface area (Å²) in [5.74, 6) is -1.03. The van der Waals surface area contributed by atoms with Crippen LogP contribution in [-0.4, -0.2) is 24.9 Å². The Bertz CT molecular complexity index is 387. The highest BCUT2D eigenvalue weighted by Gasteiger charge is 2.20. The molecule has 0 bridgehead atoms. The van der Waals surface area contributed by atoms with E-state index in [1.807, 2.05) is 19.1 Å². The molecule has 2 amide bonds. The fourth-order valence-corrected chi connectivity index (χ4v) is 1.13. The lowest BCUT2D eigenvalue weighted by atomic mass is 10.2. The van der Waals surface area contributed by atoms with Crippen molar-refractivity contribution in [3.63, 3.8) is 0 Å². The number of benzene rings is 1. The molecule has 5 heteroatoms. The summed E-state index contributed by atoms with van der Waals surface area (Å²) in [4.78, 5) is 22.6. The summed E-state index contributed by atoms with van der Waals surface area (Å²) in [6.07, 6.45) is 0. The van der Waals surface area contributed by atoms with Crippen molar-refractivity contribution in [2.45, 2.75) is 13.0 Å². The van der Waals surface area contributed by atoms with Gasteiger partial charge in [-0.1, -0.05) is 17.7 Å². The maximum atomic E-state index is 11.5. The maximum Gasteiger partial charge on any atom is 0.251 e. The highest BCUT2D eigenvalue weighted by molar-refractivity contribution is 6.09. The van der Waals surface area contributed by atoms with Gasteiger partial charge in [-0.05, 0) is 19.1 Å². The lowest BCUT2D eigenvalue weighted by Crippen LogP contribution is -2.47. The van der Waals surface area contributed by atoms with Crippen molar-refractivity contribution in [2.75, 3.05) is 12.4 Å². The van der Waals surface area contributed by atoms with Gasteiger partial charge in [0.05, 0.1) is 0 Å². The summed E-state index contributed by atoms with van der Waals surface area (Å²) in [7, 11) is 1.43. The molecule has 16 heavy (non-hydrogen) atoms. The van der Waals surface area contributed by atoms with Crippen molar-refractivity contribution >= 4 is 17.5 Å². The van der Waals surface area contributed by atoms with Gasteiger partial charge in [0.1, 0.15) is 0 Å². The number of amides is 2. The number of carbonyl (C=O) groups is 2. The predicted molar refractivity (Wildman–Crippen MR) is 61.9 cm³/mol. The van der Waals surface area contributed by atoms with E-state index in [1.165, 1.54) is 7.05 Å². The quantitative estimate of drug-likeness (QED) is 0.628. The number of nitrogens with one attached hydrogen (secondary N) is 2. The van der Waals surface area contributed by atoms with Crippen LogP contribution < -0.4 is 16.4 Å². The molecule has 86 valence electrons. The van der Waals surface area contributed by atoms with Crippen LogP contribution in [0.15, 0.2) is 24.3 Å². The molecule has 0 spiro atoms. The van der Waals surface area contributed by atoms with E-state index in [0.29, 0.717) is 5.69 Å². The van der Waals surface area contributed by atoms with Crippen LogP contribution in [-0.2, 0) is 9.59 Å². The largest absolute Gasteiger partial charge is 0.357 e. The molecule has 5 nitrogen and oxygen atoms in total.